The summed E-state index contributed by atoms with van der Waals surface area (Å²) in [5.41, 5.74) is 5.69. The van der Waals surface area contributed by atoms with E-state index in [1.54, 1.807) is 6.92 Å². The van der Waals surface area contributed by atoms with E-state index in [9.17, 15) is 4.79 Å². The lowest BCUT2D eigenvalue weighted by atomic mass is 10.1. The van der Waals surface area contributed by atoms with Gasteiger partial charge in [0.2, 0.25) is 5.91 Å². The highest BCUT2D eigenvalue weighted by Gasteiger charge is 2.23. The molecule has 0 aliphatic carbocycles. The van der Waals surface area contributed by atoms with Crippen LogP contribution in [0.3, 0.4) is 0 Å². The van der Waals surface area contributed by atoms with Crippen LogP contribution in [0.1, 0.15) is 12.5 Å². The van der Waals surface area contributed by atoms with Crippen molar-refractivity contribution in [1.82, 2.24) is 4.98 Å². The van der Waals surface area contributed by atoms with Gasteiger partial charge in [-0.2, -0.15) is 0 Å². The monoisotopic (exact) mass is 276 g/mol. The van der Waals surface area contributed by atoms with Crippen LogP contribution in [0.2, 0.25) is 0 Å². The number of hydrogen-bond acceptors (Lipinski definition) is 1. The molecular weight excluding hydrogens is 260 g/mol. The molecule has 1 aliphatic rings. The Hall–Kier alpha value is -2.55. The first-order valence-corrected chi connectivity index (χ1v) is 7.21. The van der Waals surface area contributed by atoms with Crippen LogP contribution in [0.5, 0.6) is 0 Å². The first-order chi connectivity index (χ1) is 10.2. The summed E-state index contributed by atoms with van der Waals surface area (Å²) in [5, 5.41) is 1.21. The number of nitrogens with zero attached hydrogens (tertiary/aromatic N) is 1. The normalized spacial score (nSPS) is 13.7. The van der Waals surface area contributed by atoms with Gasteiger partial charge in [-0.15, -0.1) is 0 Å². The number of aromatic nitrogens is 1. The topological polar surface area (TPSA) is 36.1 Å². The van der Waals surface area contributed by atoms with Crippen molar-refractivity contribution >= 4 is 22.5 Å². The van der Waals surface area contributed by atoms with Crippen molar-refractivity contribution in [2.75, 3.05) is 11.4 Å². The Morgan fingerprint density at radius 2 is 1.95 bits per heavy atom. The summed E-state index contributed by atoms with van der Waals surface area (Å²) in [6.45, 7) is 2.42. The van der Waals surface area contributed by atoms with E-state index in [2.05, 4.69) is 35.3 Å². The summed E-state index contributed by atoms with van der Waals surface area (Å²) < 4.78 is 0. The van der Waals surface area contributed by atoms with Crippen molar-refractivity contribution < 1.29 is 4.79 Å². The zero-order chi connectivity index (χ0) is 14.4. The lowest BCUT2D eigenvalue weighted by molar-refractivity contribution is -0.116. The second-order valence-electron chi connectivity index (χ2n) is 5.54. The number of hydrogen-bond donors (Lipinski definition) is 1. The van der Waals surface area contributed by atoms with Crippen LogP contribution in [0.25, 0.3) is 22.2 Å². The number of rotatable bonds is 1. The van der Waals surface area contributed by atoms with E-state index in [1.807, 2.05) is 23.1 Å². The van der Waals surface area contributed by atoms with Gasteiger partial charge in [-0.25, -0.2) is 0 Å². The Morgan fingerprint density at radius 1 is 1.14 bits per heavy atom. The van der Waals surface area contributed by atoms with E-state index in [1.165, 1.54) is 16.5 Å². The second kappa shape index (κ2) is 4.48. The van der Waals surface area contributed by atoms with Crippen molar-refractivity contribution in [2.24, 2.45) is 0 Å². The predicted octanol–water partition coefficient (Wildman–Crippen LogP) is 3.74. The molecule has 21 heavy (non-hydrogen) atoms. The summed E-state index contributed by atoms with van der Waals surface area (Å²) in [6, 6.07) is 16.8. The van der Waals surface area contributed by atoms with Crippen molar-refractivity contribution in [1.29, 1.82) is 0 Å². The number of carbonyl (C=O) groups is 1. The molecule has 0 spiro atoms. The van der Waals surface area contributed by atoms with Gasteiger partial charge in [0, 0.05) is 35.8 Å². The van der Waals surface area contributed by atoms with Gasteiger partial charge in [0.05, 0.1) is 0 Å². The molecule has 0 saturated heterocycles. The van der Waals surface area contributed by atoms with Crippen LogP contribution >= 0.6 is 0 Å². The molecule has 3 nitrogen and oxygen atoms in total. The molecule has 0 fully saturated rings. The Kier molecular flexibility index (Phi) is 2.61. The first-order valence-electron chi connectivity index (χ1n) is 7.21. The number of benzene rings is 2. The number of amides is 1. The van der Waals surface area contributed by atoms with Gasteiger partial charge in [-0.3, -0.25) is 4.79 Å². The average Bonchev–Trinajstić information content (AvgIpc) is 3.08. The molecule has 1 amide bonds. The molecule has 3 heteroatoms. The number of fused-ring (bicyclic) bond motifs is 2. The van der Waals surface area contributed by atoms with E-state index in [0.717, 1.165) is 29.9 Å². The van der Waals surface area contributed by atoms with Gasteiger partial charge in [-0.05, 0) is 35.7 Å². The van der Waals surface area contributed by atoms with E-state index < -0.39 is 0 Å². The van der Waals surface area contributed by atoms with Crippen molar-refractivity contribution in [2.45, 2.75) is 13.3 Å². The van der Waals surface area contributed by atoms with Crippen LogP contribution in [0.15, 0.2) is 48.5 Å². The summed E-state index contributed by atoms with van der Waals surface area (Å²) in [4.78, 5) is 17.0. The van der Waals surface area contributed by atoms with Gasteiger partial charge in [-0.1, -0.05) is 30.3 Å². The van der Waals surface area contributed by atoms with Crippen LogP contribution in [-0.2, 0) is 11.2 Å². The molecule has 104 valence electrons. The quantitative estimate of drug-likeness (QED) is 0.722. The van der Waals surface area contributed by atoms with E-state index in [4.69, 9.17) is 0 Å². The van der Waals surface area contributed by atoms with Gasteiger partial charge in [0.15, 0.2) is 0 Å². The minimum absolute atomic E-state index is 0.114. The molecule has 1 aliphatic heterocycles. The summed E-state index contributed by atoms with van der Waals surface area (Å²) in [6.07, 6.45) is 0.941. The number of H-pyrrole nitrogens is 1. The molecule has 0 saturated carbocycles. The van der Waals surface area contributed by atoms with Crippen molar-refractivity contribution in [3.63, 3.8) is 0 Å². The molecule has 0 atom stereocenters. The highest BCUT2D eigenvalue weighted by molar-refractivity contribution is 5.98. The summed E-state index contributed by atoms with van der Waals surface area (Å²) in [5.74, 6) is 0.114. The second-order valence-corrected chi connectivity index (χ2v) is 5.54. The highest BCUT2D eigenvalue weighted by Crippen LogP contribution is 2.34. The molecule has 0 unspecified atom stereocenters. The lowest BCUT2D eigenvalue weighted by Crippen LogP contribution is -2.25. The average molecular weight is 276 g/mol. The zero-order valence-corrected chi connectivity index (χ0v) is 11.9. The number of aromatic amines is 1. The molecule has 0 radical (unpaired) electrons. The largest absolute Gasteiger partial charge is 0.354 e. The van der Waals surface area contributed by atoms with E-state index >= 15 is 0 Å². The molecule has 2 aromatic carbocycles. The van der Waals surface area contributed by atoms with E-state index in [-0.39, 0.29) is 5.91 Å². The van der Waals surface area contributed by atoms with Crippen LogP contribution in [0.4, 0.5) is 5.69 Å². The summed E-state index contributed by atoms with van der Waals surface area (Å²) >= 11 is 0. The Balaban J connectivity index is 1.85. The van der Waals surface area contributed by atoms with Gasteiger partial charge in [0.1, 0.15) is 0 Å². The zero-order valence-electron chi connectivity index (χ0n) is 11.9. The third-order valence-electron chi connectivity index (χ3n) is 4.18. The van der Waals surface area contributed by atoms with Gasteiger partial charge >= 0.3 is 0 Å². The molecule has 4 rings (SSSR count). The van der Waals surface area contributed by atoms with Gasteiger partial charge in [0.25, 0.3) is 0 Å². The lowest BCUT2D eigenvalue weighted by Gasteiger charge is -2.14. The Morgan fingerprint density at radius 3 is 2.71 bits per heavy atom. The fourth-order valence-corrected chi connectivity index (χ4v) is 3.12. The fourth-order valence-electron chi connectivity index (χ4n) is 3.12. The fraction of sp³-hybridized carbons (Fsp3) is 0.167. The minimum atomic E-state index is 0.114. The third kappa shape index (κ3) is 1.93. The highest BCUT2D eigenvalue weighted by atomic mass is 16.2. The smallest absolute Gasteiger partial charge is 0.223 e. The molecule has 3 aromatic rings. The first kappa shape index (κ1) is 12.2. The van der Waals surface area contributed by atoms with Crippen molar-refractivity contribution in [3.05, 3.63) is 54.1 Å². The minimum Gasteiger partial charge on any atom is -0.354 e. The van der Waals surface area contributed by atoms with Crippen molar-refractivity contribution in [3.8, 4) is 11.3 Å². The SMILES string of the molecule is CC(=O)N1CCc2cc3cc(-c4ccccc4)[nH]c3cc21. The summed E-state index contributed by atoms with van der Waals surface area (Å²) in [7, 11) is 0. The number of anilines is 1. The number of carbonyl (C=O) groups excluding carboxylic acids is 1. The van der Waals surface area contributed by atoms with Crippen LogP contribution in [0, 0.1) is 0 Å². The molecule has 0 bridgehead atoms. The van der Waals surface area contributed by atoms with Gasteiger partial charge < -0.3 is 9.88 Å². The Bertz CT molecular complexity index is 833. The standard InChI is InChI=1S/C18H16N2O/c1-12(21)20-8-7-14-9-15-10-16(13-5-3-2-4-6-13)19-17(15)11-18(14)20/h2-6,9-11,19H,7-8H2,1H3. The molecular formula is C18H16N2O. The maximum Gasteiger partial charge on any atom is 0.223 e. The third-order valence-corrected chi connectivity index (χ3v) is 4.18. The molecule has 1 N–H and O–H groups in total. The molecule has 2 heterocycles. The number of nitrogens with one attached hydrogen (secondary N) is 1. The Labute approximate surface area is 123 Å². The molecule has 1 aromatic heterocycles. The van der Waals surface area contributed by atoms with E-state index in [0.29, 0.717) is 0 Å². The maximum absolute atomic E-state index is 11.7. The predicted molar refractivity (Wildman–Crippen MR) is 85.5 cm³/mol. The van der Waals surface area contributed by atoms with Crippen LogP contribution in [-0.4, -0.2) is 17.4 Å². The maximum atomic E-state index is 11.7. The van der Waals surface area contributed by atoms with Crippen LogP contribution < -0.4 is 4.90 Å².